The minimum Gasteiger partial charge on any atom is -0.477 e. The number of carboxylic acids is 1. The number of carbonyl (C=O) groups is 5. The molecular formula is C14H12N4O7S2. The van der Waals surface area contributed by atoms with Crippen molar-refractivity contribution < 1.29 is 34.2 Å². The third-order valence-electron chi connectivity index (χ3n) is 3.98. The van der Waals surface area contributed by atoms with E-state index in [9.17, 15) is 34.2 Å². The van der Waals surface area contributed by atoms with Crippen molar-refractivity contribution in [2.75, 3.05) is 17.7 Å². The number of anilines is 1. The second-order valence-electron chi connectivity index (χ2n) is 5.47. The fourth-order valence-corrected chi connectivity index (χ4v) is 4.68. The number of aliphatic hydroxyl groups is 1. The maximum atomic E-state index is 12.5. The number of amides is 3. The predicted octanol–water partition coefficient (Wildman–Crippen LogP) is -1.37. The van der Waals surface area contributed by atoms with Crippen LogP contribution in [0.4, 0.5) is 5.13 Å². The van der Waals surface area contributed by atoms with Crippen LogP contribution in [0.3, 0.4) is 0 Å². The van der Waals surface area contributed by atoms with E-state index < -0.39 is 41.1 Å². The molecule has 3 heterocycles. The molecule has 1 aromatic heterocycles. The van der Waals surface area contributed by atoms with Crippen molar-refractivity contribution in [1.82, 2.24) is 15.2 Å². The standard InChI is InChI=1S/C14H12N4O7S2/c19-4-14(11(25)18-7(10(23)24)1-2-26-12(14)18)17-9(22)8(21)6-3-27-13(16-6)15-5-20/h1,3,5,12,19H,2,4H2,(H,17,22)(H,23,24)(H,15,16,20)/t12-,14?/m0/s1. The highest BCUT2D eigenvalue weighted by Gasteiger charge is 2.64. The van der Waals surface area contributed by atoms with E-state index in [1.54, 1.807) is 0 Å². The number of carbonyl (C=O) groups excluding carboxylic acids is 4. The number of thioether (sulfide) groups is 1. The summed E-state index contributed by atoms with van der Waals surface area (Å²) in [4.78, 5) is 63.4. The molecule has 27 heavy (non-hydrogen) atoms. The van der Waals surface area contributed by atoms with E-state index in [1.807, 2.05) is 0 Å². The Hall–Kier alpha value is -2.77. The fraction of sp³-hybridized carbons (Fsp3) is 0.286. The molecule has 13 heteroatoms. The van der Waals surface area contributed by atoms with E-state index in [0.29, 0.717) is 6.41 Å². The first-order valence-electron chi connectivity index (χ1n) is 7.38. The highest BCUT2D eigenvalue weighted by Crippen LogP contribution is 2.44. The lowest BCUT2D eigenvalue weighted by Gasteiger charge is -2.55. The van der Waals surface area contributed by atoms with Gasteiger partial charge in [-0.1, -0.05) is 0 Å². The lowest BCUT2D eigenvalue weighted by atomic mass is 9.87. The first-order valence-corrected chi connectivity index (χ1v) is 9.30. The van der Waals surface area contributed by atoms with Crippen molar-refractivity contribution in [3.05, 3.63) is 22.8 Å². The number of hydrogen-bond acceptors (Lipinski definition) is 9. The van der Waals surface area contributed by atoms with Crippen molar-refractivity contribution in [3.63, 3.8) is 0 Å². The van der Waals surface area contributed by atoms with Crippen molar-refractivity contribution >= 4 is 58.2 Å². The number of ketones is 1. The highest BCUT2D eigenvalue weighted by atomic mass is 32.2. The molecule has 1 unspecified atom stereocenters. The Balaban J connectivity index is 1.78. The summed E-state index contributed by atoms with van der Waals surface area (Å²) >= 11 is 2.08. The Kier molecular flexibility index (Phi) is 4.99. The summed E-state index contributed by atoms with van der Waals surface area (Å²) in [6, 6.07) is 0. The van der Waals surface area contributed by atoms with Crippen LogP contribution in [0, 0.1) is 0 Å². The van der Waals surface area contributed by atoms with Gasteiger partial charge < -0.3 is 20.8 Å². The number of aliphatic carboxylic acids is 1. The summed E-state index contributed by atoms with van der Waals surface area (Å²) in [6.45, 7) is -0.805. The molecule has 3 amide bonds. The van der Waals surface area contributed by atoms with Crippen LogP contribution in [0.1, 0.15) is 10.5 Å². The number of nitrogens with zero attached hydrogens (tertiary/aromatic N) is 2. The van der Waals surface area contributed by atoms with Gasteiger partial charge in [0.2, 0.25) is 6.41 Å². The van der Waals surface area contributed by atoms with E-state index >= 15 is 0 Å². The van der Waals surface area contributed by atoms with Gasteiger partial charge in [0.25, 0.3) is 17.6 Å². The lowest BCUT2D eigenvalue weighted by molar-refractivity contribution is -0.161. The van der Waals surface area contributed by atoms with Gasteiger partial charge in [-0.2, -0.15) is 0 Å². The summed E-state index contributed by atoms with van der Waals surface area (Å²) in [5.41, 5.74) is -2.27. The quantitative estimate of drug-likeness (QED) is 0.183. The van der Waals surface area contributed by atoms with E-state index in [0.717, 1.165) is 28.0 Å². The predicted molar refractivity (Wildman–Crippen MR) is 92.9 cm³/mol. The van der Waals surface area contributed by atoms with Crippen molar-refractivity contribution in [3.8, 4) is 0 Å². The summed E-state index contributed by atoms with van der Waals surface area (Å²) in [5.74, 6) is -4.10. The van der Waals surface area contributed by atoms with Crippen LogP contribution < -0.4 is 10.6 Å². The van der Waals surface area contributed by atoms with Crippen molar-refractivity contribution in [2.24, 2.45) is 0 Å². The van der Waals surface area contributed by atoms with E-state index in [-0.39, 0.29) is 22.3 Å². The number of hydrogen-bond donors (Lipinski definition) is 4. The number of aliphatic hydroxyl groups excluding tert-OH is 1. The molecule has 142 valence electrons. The summed E-state index contributed by atoms with van der Waals surface area (Å²) < 4.78 is 0. The van der Waals surface area contributed by atoms with Gasteiger partial charge in [-0.15, -0.1) is 23.1 Å². The first-order chi connectivity index (χ1) is 12.9. The van der Waals surface area contributed by atoms with Gasteiger partial charge in [-0.25, -0.2) is 9.78 Å². The highest BCUT2D eigenvalue weighted by molar-refractivity contribution is 8.00. The Bertz CT molecular complexity index is 883. The second-order valence-corrected chi connectivity index (χ2v) is 7.44. The zero-order chi connectivity index (χ0) is 19.8. The SMILES string of the molecule is O=CNc1nc(C(=O)C(=O)NC2(CO)C(=O)N3C(C(=O)O)=CCS[C@H]32)cs1. The normalized spacial score (nSPS) is 23.6. The summed E-state index contributed by atoms with van der Waals surface area (Å²) in [7, 11) is 0. The molecule has 11 nitrogen and oxygen atoms in total. The molecule has 0 saturated carbocycles. The maximum Gasteiger partial charge on any atom is 0.352 e. The Morgan fingerprint density at radius 2 is 2.19 bits per heavy atom. The van der Waals surface area contributed by atoms with Gasteiger partial charge in [0.15, 0.2) is 10.7 Å². The van der Waals surface area contributed by atoms with Crippen molar-refractivity contribution in [2.45, 2.75) is 10.9 Å². The largest absolute Gasteiger partial charge is 0.477 e. The minimum atomic E-state index is -1.80. The van der Waals surface area contributed by atoms with Crippen LogP contribution in [-0.2, 0) is 19.2 Å². The molecule has 1 aromatic rings. The third kappa shape index (κ3) is 2.98. The van der Waals surface area contributed by atoms with Crippen LogP contribution in [-0.4, -0.2) is 73.3 Å². The Morgan fingerprint density at radius 1 is 1.44 bits per heavy atom. The van der Waals surface area contributed by atoms with Gasteiger partial charge in [0, 0.05) is 11.1 Å². The average molecular weight is 412 g/mol. The number of fused-ring (bicyclic) bond motifs is 1. The molecule has 0 spiro atoms. The zero-order valence-electron chi connectivity index (χ0n) is 13.4. The summed E-state index contributed by atoms with van der Waals surface area (Å²) in [5, 5.41) is 23.9. The molecule has 4 N–H and O–H groups in total. The third-order valence-corrected chi connectivity index (χ3v) is 6.04. The van der Waals surface area contributed by atoms with Gasteiger partial charge in [0.1, 0.15) is 16.8 Å². The van der Waals surface area contributed by atoms with Crippen LogP contribution in [0.25, 0.3) is 0 Å². The van der Waals surface area contributed by atoms with E-state index in [1.165, 1.54) is 11.5 Å². The van der Waals surface area contributed by atoms with Crippen LogP contribution in [0.2, 0.25) is 0 Å². The molecule has 1 saturated heterocycles. The molecule has 2 aliphatic heterocycles. The number of Topliss-reactive ketones (excluding diaryl/α,β-unsaturated/α-hetero) is 1. The molecule has 2 aliphatic rings. The summed E-state index contributed by atoms with van der Waals surface area (Å²) in [6.07, 6.45) is 1.72. The molecule has 0 aromatic carbocycles. The Morgan fingerprint density at radius 3 is 2.81 bits per heavy atom. The topological polar surface area (TPSA) is 166 Å². The van der Waals surface area contributed by atoms with Crippen LogP contribution in [0.15, 0.2) is 17.2 Å². The lowest BCUT2D eigenvalue weighted by Crippen LogP contribution is -2.81. The van der Waals surface area contributed by atoms with Gasteiger partial charge in [-0.3, -0.25) is 24.1 Å². The fourth-order valence-electron chi connectivity index (χ4n) is 2.71. The number of rotatable bonds is 7. The van der Waals surface area contributed by atoms with Crippen LogP contribution in [0.5, 0.6) is 0 Å². The molecule has 3 rings (SSSR count). The molecule has 0 radical (unpaired) electrons. The first kappa shape index (κ1) is 19.0. The molecule has 1 fully saturated rings. The van der Waals surface area contributed by atoms with Gasteiger partial charge >= 0.3 is 5.97 Å². The monoisotopic (exact) mass is 412 g/mol. The van der Waals surface area contributed by atoms with E-state index in [4.69, 9.17) is 0 Å². The van der Waals surface area contributed by atoms with Crippen molar-refractivity contribution in [1.29, 1.82) is 0 Å². The number of thiazole rings is 1. The number of nitrogens with one attached hydrogen (secondary N) is 2. The van der Waals surface area contributed by atoms with Crippen LogP contribution >= 0.6 is 23.1 Å². The molecule has 0 aliphatic carbocycles. The zero-order valence-corrected chi connectivity index (χ0v) is 15.0. The van der Waals surface area contributed by atoms with E-state index in [2.05, 4.69) is 15.6 Å². The molecule has 2 atom stereocenters. The minimum absolute atomic E-state index is 0.114. The molecular weight excluding hydrogens is 400 g/mol. The van der Waals surface area contributed by atoms with Gasteiger partial charge in [-0.05, 0) is 6.08 Å². The number of carboxylic acid groups (broad SMARTS) is 1. The van der Waals surface area contributed by atoms with Gasteiger partial charge in [0.05, 0.1) is 6.61 Å². The molecule has 0 bridgehead atoms. The second kappa shape index (κ2) is 7.09. The smallest absolute Gasteiger partial charge is 0.352 e. The maximum absolute atomic E-state index is 12.5. The average Bonchev–Trinajstić information content (AvgIpc) is 3.13. The Labute approximate surface area is 159 Å². The number of aromatic nitrogens is 1. The number of β-lactam (4-membered cyclic amide) rings is 1.